The number of esters is 1. The molecule has 1 unspecified atom stereocenters. The fourth-order valence-corrected chi connectivity index (χ4v) is 1.49. The van der Waals surface area contributed by atoms with Gasteiger partial charge in [-0.1, -0.05) is 26.7 Å². The smallest absolute Gasteiger partial charge is 0.336 e. The summed E-state index contributed by atoms with van der Waals surface area (Å²) in [6.45, 7) is 3.99. The standard InChI is InChI=1S/C12H20O7/c1-3-8(4-2)7-19-10(15)6-12(18,11(16)17)5-9(13)14/h8,18H,3-7H2,1-2H3,(H,13,14)(H,16,17). The number of carboxylic acid groups (broad SMARTS) is 2. The molecule has 0 radical (unpaired) electrons. The SMILES string of the molecule is CCC(CC)COC(=O)CC(O)(CC(=O)O)C(=O)O. The van der Waals surface area contributed by atoms with Crippen molar-refractivity contribution in [1.29, 1.82) is 0 Å². The van der Waals surface area contributed by atoms with Gasteiger partial charge in [0.1, 0.15) is 0 Å². The number of ether oxygens (including phenoxy) is 1. The van der Waals surface area contributed by atoms with Crippen LogP contribution in [0.15, 0.2) is 0 Å². The van der Waals surface area contributed by atoms with E-state index in [2.05, 4.69) is 0 Å². The predicted octanol–water partition coefficient (Wildman–Crippen LogP) is 0.646. The molecule has 0 aromatic rings. The lowest BCUT2D eigenvalue weighted by Gasteiger charge is -2.21. The first-order valence-corrected chi connectivity index (χ1v) is 6.08. The number of aliphatic carboxylic acids is 2. The normalized spacial score (nSPS) is 13.9. The van der Waals surface area contributed by atoms with Crippen LogP contribution in [-0.4, -0.2) is 45.4 Å². The van der Waals surface area contributed by atoms with Crippen LogP contribution in [0.1, 0.15) is 39.5 Å². The third-order valence-corrected chi connectivity index (χ3v) is 2.91. The molecule has 0 saturated heterocycles. The molecule has 110 valence electrons. The fraction of sp³-hybridized carbons (Fsp3) is 0.750. The van der Waals surface area contributed by atoms with Crippen molar-refractivity contribution in [2.75, 3.05) is 6.61 Å². The molecule has 1 atom stereocenters. The van der Waals surface area contributed by atoms with E-state index in [-0.39, 0.29) is 12.5 Å². The monoisotopic (exact) mass is 276 g/mol. The van der Waals surface area contributed by atoms with Gasteiger partial charge in [0, 0.05) is 0 Å². The summed E-state index contributed by atoms with van der Waals surface area (Å²) < 4.78 is 4.86. The first-order chi connectivity index (χ1) is 8.75. The van der Waals surface area contributed by atoms with Crippen LogP contribution in [0.2, 0.25) is 0 Å². The van der Waals surface area contributed by atoms with Gasteiger partial charge in [-0.25, -0.2) is 4.79 Å². The molecule has 0 aromatic carbocycles. The van der Waals surface area contributed by atoms with Gasteiger partial charge in [0.15, 0.2) is 5.60 Å². The predicted molar refractivity (Wildman–Crippen MR) is 64.5 cm³/mol. The summed E-state index contributed by atoms with van der Waals surface area (Å²) >= 11 is 0. The summed E-state index contributed by atoms with van der Waals surface area (Å²) in [5.41, 5.74) is -2.63. The molecule has 0 fully saturated rings. The molecule has 0 aromatic heterocycles. The lowest BCUT2D eigenvalue weighted by molar-refractivity contribution is -0.172. The Labute approximate surface area is 111 Å². The summed E-state index contributed by atoms with van der Waals surface area (Å²) in [5.74, 6) is -4.01. The van der Waals surface area contributed by atoms with Crippen LogP contribution in [0.5, 0.6) is 0 Å². The lowest BCUT2D eigenvalue weighted by Crippen LogP contribution is -2.43. The first kappa shape index (κ1) is 17.4. The number of aliphatic hydroxyl groups is 1. The molecule has 0 aliphatic rings. The fourth-order valence-electron chi connectivity index (χ4n) is 1.49. The van der Waals surface area contributed by atoms with E-state index < -0.39 is 36.4 Å². The van der Waals surface area contributed by atoms with Crippen LogP contribution in [0, 0.1) is 5.92 Å². The molecular formula is C12H20O7. The van der Waals surface area contributed by atoms with E-state index >= 15 is 0 Å². The minimum Gasteiger partial charge on any atom is -0.481 e. The highest BCUT2D eigenvalue weighted by molar-refractivity contribution is 5.88. The van der Waals surface area contributed by atoms with E-state index in [1.54, 1.807) is 0 Å². The summed E-state index contributed by atoms with van der Waals surface area (Å²) in [5, 5.41) is 26.9. The van der Waals surface area contributed by atoms with E-state index in [9.17, 15) is 19.5 Å². The second-order valence-corrected chi connectivity index (χ2v) is 4.45. The average molecular weight is 276 g/mol. The first-order valence-electron chi connectivity index (χ1n) is 6.08. The number of hydrogen-bond donors (Lipinski definition) is 3. The zero-order valence-electron chi connectivity index (χ0n) is 11.1. The topological polar surface area (TPSA) is 121 Å². The summed E-state index contributed by atoms with van der Waals surface area (Å²) in [6, 6.07) is 0. The Morgan fingerprint density at radius 1 is 1.11 bits per heavy atom. The Balaban J connectivity index is 4.48. The third kappa shape index (κ3) is 6.19. The van der Waals surface area contributed by atoms with Crippen molar-refractivity contribution in [3.05, 3.63) is 0 Å². The summed E-state index contributed by atoms with van der Waals surface area (Å²) in [7, 11) is 0. The third-order valence-electron chi connectivity index (χ3n) is 2.91. The van der Waals surface area contributed by atoms with Gasteiger partial charge in [-0.2, -0.15) is 0 Å². The molecular weight excluding hydrogens is 256 g/mol. The molecule has 0 rings (SSSR count). The van der Waals surface area contributed by atoms with Gasteiger partial charge in [0.05, 0.1) is 19.4 Å². The molecule has 0 aliphatic carbocycles. The van der Waals surface area contributed by atoms with Crippen molar-refractivity contribution < 1.29 is 34.4 Å². The maximum Gasteiger partial charge on any atom is 0.336 e. The molecule has 0 aliphatic heterocycles. The van der Waals surface area contributed by atoms with E-state index in [1.165, 1.54) is 0 Å². The zero-order chi connectivity index (χ0) is 15.1. The van der Waals surface area contributed by atoms with Gasteiger partial charge in [0.2, 0.25) is 0 Å². The molecule has 7 heteroatoms. The molecule has 0 spiro atoms. The van der Waals surface area contributed by atoms with Crippen LogP contribution < -0.4 is 0 Å². The second-order valence-electron chi connectivity index (χ2n) is 4.45. The van der Waals surface area contributed by atoms with Crippen molar-refractivity contribution in [3.63, 3.8) is 0 Å². The molecule has 0 bridgehead atoms. The van der Waals surface area contributed by atoms with E-state index in [0.29, 0.717) is 0 Å². The van der Waals surface area contributed by atoms with Gasteiger partial charge in [0.25, 0.3) is 0 Å². The van der Waals surface area contributed by atoms with Crippen LogP contribution in [0.25, 0.3) is 0 Å². The van der Waals surface area contributed by atoms with Crippen molar-refractivity contribution >= 4 is 17.9 Å². The van der Waals surface area contributed by atoms with Crippen LogP contribution in [0.3, 0.4) is 0 Å². The highest BCUT2D eigenvalue weighted by Gasteiger charge is 2.41. The minimum absolute atomic E-state index is 0.134. The Morgan fingerprint density at radius 2 is 1.63 bits per heavy atom. The van der Waals surface area contributed by atoms with Crippen LogP contribution in [-0.2, 0) is 19.1 Å². The Morgan fingerprint density at radius 3 is 2.00 bits per heavy atom. The van der Waals surface area contributed by atoms with Gasteiger partial charge < -0.3 is 20.1 Å². The van der Waals surface area contributed by atoms with Gasteiger partial charge in [-0.3, -0.25) is 9.59 Å². The summed E-state index contributed by atoms with van der Waals surface area (Å²) in [6.07, 6.45) is -0.318. The van der Waals surface area contributed by atoms with Crippen LogP contribution in [0.4, 0.5) is 0 Å². The molecule has 3 N–H and O–H groups in total. The average Bonchev–Trinajstić information content (AvgIpc) is 2.28. The number of rotatable bonds is 9. The number of carbonyl (C=O) groups is 3. The molecule has 7 nitrogen and oxygen atoms in total. The quantitative estimate of drug-likeness (QED) is 0.528. The highest BCUT2D eigenvalue weighted by atomic mass is 16.5. The van der Waals surface area contributed by atoms with Crippen molar-refractivity contribution in [2.45, 2.75) is 45.1 Å². The molecule has 19 heavy (non-hydrogen) atoms. The maximum atomic E-state index is 11.4. The van der Waals surface area contributed by atoms with Gasteiger partial charge >= 0.3 is 17.9 Å². The number of carboxylic acids is 2. The minimum atomic E-state index is -2.63. The van der Waals surface area contributed by atoms with Gasteiger partial charge in [-0.05, 0) is 5.92 Å². The Hall–Kier alpha value is -1.63. The van der Waals surface area contributed by atoms with E-state index in [4.69, 9.17) is 14.9 Å². The Kier molecular flexibility index (Phi) is 7.06. The summed E-state index contributed by atoms with van der Waals surface area (Å²) in [4.78, 5) is 32.7. The maximum absolute atomic E-state index is 11.4. The van der Waals surface area contributed by atoms with Crippen molar-refractivity contribution in [3.8, 4) is 0 Å². The largest absolute Gasteiger partial charge is 0.481 e. The Bertz CT molecular complexity index is 335. The molecule has 0 saturated carbocycles. The zero-order valence-corrected chi connectivity index (χ0v) is 11.1. The number of hydrogen-bond acceptors (Lipinski definition) is 5. The van der Waals surface area contributed by atoms with Crippen molar-refractivity contribution in [2.24, 2.45) is 5.92 Å². The van der Waals surface area contributed by atoms with E-state index in [1.807, 2.05) is 13.8 Å². The van der Waals surface area contributed by atoms with Crippen molar-refractivity contribution in [1.82, 2.24) is 0 Å². The van der Waals surface area contributed by atoms with Gasteiger partial charge in [-0.15, -0.1) is 0 Å². The highest BCUT2D eigenvalue weighted by Crippen LogP contribution is 2.18. The van der Waals surface area contributed by atoms with E-state index in [0.717, 1.165) is 12.8 Å². The molecule has 0 amide bonds. The molecule has 0 heterocycles. The number of carbonyl (C=O) groups excluding carboxylic acids is 1. The van der Waals surface area contributed by atoms with Crippen LogP contribution >= 0.6 is 0 Å². The second kappa shape index (κ2) is 7.73. The lowest BCUT2D eigenvalue weighted by atomic mass is 9.96.